The topological polar surface area (TPSA) is 205 Å². The number of pyridine rings is 2. The van der Waals surface area contributed by atoms with E-state index in [1.54, 1.807) is 60.7 Å². The highest BCUT2D eigenvalue weighted by Gasteiger charge is 2.27. The van der Waals surface area contributed by atoms with Gasteiger partial charge in [0.05, 0.1) is 61.6 Å². The molecule has 18 aromatic carbocycles. The van der Waals surface area contributed by atoms with E-state index in [0.717, 1.165) is 111 Å². The maximum Gasteiger partial charge on any atom is 0.187 e. The number of thiophene rings is 1. The molecule has 0 aliphatic rings. The number of para-hydroxylation sites is 4. The summed E-state index contributed by atoms with van der Waals surface area (Å²) in [5.74, 6) is 5.56. The second-order valence-electron chi connectivity index (χ2n) is 35.9. The van der Waals surface area contributed by atoms with Gasteiger partial charge >= 0.3 is 0 Å². The average molecular weight is 1870 g/mol. The van der Waals surface area contributed by atoms with Gasteiger partial charge in [0.2, 0.25) is 0 Å². The normalized spacial score (nSPS) is 11.7. The molecule has 674 valence electrons. The zero-order valence-electron chi connectivity index (χ0n) is 77.1. The van der Waals surface area contributed by atoms with Gasteiger partial charge in [-0.1, -0.05) is 291 Å². The van der Waals surface area contributed by atoms with Crippen LogP contribution in [0.3, 0.4) is 0 Å². The molecule has 0 fully saturated rings. The number of hydrogen-bond acceptors (Lipinski definition) is 15. The fourth-order valence-electron chi connectivity index (χ4n) is 20.7. The van der Waals surface area contributed by atoms with Crippen molar-refractivity contribution in [2.45, 2.75) is 0 Å². The van der Waals surface area contributed by atoms with Gasteiger partial charge in [0.25, 0.3) is 0 Å². The van der Waals surface area contributed by atoms with Gasteiger partial charge in [0.1, 0.15) is 5.52 Å². The Kier molecular flexibility index (Phi) is 19.7. The molecule has 0 N–H and O–H groups in total. The summed E-state index contributed by atoms with van der Waals surface area (Å²) in [7, 11) is 0. The molecule has 145 heavy (non-hydrogen) atoms. The molecule has 13 heterocycles. The SMILES string of the molecule is [C-]#[N+]c1ccc(-c2nc(-n3c4ccccc4c4cc5ccccc5cc43)c3ncccc3n2)cc1.c1ccc(-c2nc(-n3c4ccccc4c4cc5ccccc5cc43)c3nccnc3n2)cc1.c1ccc2cc(-c3nc(-n4c5ccccc5c5cc6ccccc6cc54)c4nccnc4n3)ccc2c1.c1ccc2cc3c(cc2c1)c1ccccc1n3-c1nc(-c2ccc3c(c2)sc2ccccc23)nc2ncccc12. The molecule has 0 saturated carbocycles. The first-order valence-electron chi connectivity index (χ1n) is 47.7. The summed E-state index contributed by atoms with van der Waals surface area (Å²) in [5.41, 5.74) is 17.7. The van der Waals surface area contributed by atoms with Crippen molar-refractivity contribution >= 4 is 223 Å². The quantitative estimate of drug-likeness (QED) is 0.130. The molecule has 0 spiro atoms. The van der Waals surface area contributed by atoms with Crippen molar-refractivity contribution < 1.29 is 0 Å². The first kappa shape index (κ1) is 83.2. The lowest BCUT2D eigenvalue weighted by molar-refractivity contribution is 1.05. The average Bonchev–Trinajstić information content (AvgIpc) is 1.59. The maximum atomic E-state index is 7.25. The molecule has 20 heteroatoms. The first-order chi connectivity index (χ1) is 71.8. The number of benzene rings is 18. The summed E-state index contributed by atoms with van der Waals surface area (Å²) in [6.07, 6.45) is 10.3. The van der Waals surface area contributed by atoms with Crippen molar-refractivity contribution in [3.8, 4) is 68.8 Å². The van der Waals surface area contributed by atoms with E-state index in [1.807, 2.05) is 72.8 Å². The third kappa shape index (κ3) is 14.2. The molecular formula is C125H73N19S. The van der Waals surface area contributed by atoms with Crippen molar-refractivity contribution in [2.75, 3.05) is 0 Å². The van der Waals surface area contributed by atoms with Gasteiger partial charge in [-0.15, -0.1) is 11.3 Å². The van der Waals surface area contributed by atoms with Crippen LogP contribution in [0.25, 0.3) is 279 Å². The predicted octanol–water partition coefficient (Wildman–Crippen LogP) is 30.6. The summed E-state index contributed by atoms with van der Waals surface area (Å²) in [6, 6.07) is 141. The van der Waals surface area contributed by atoms with E-state index in [-0.39, 0.29) is 0 Å². The van der Waals surface area contributed by atoms with Gasteiger partial charge in [-0.05, 0) is 169 Å². The Hall–Kier alpha value is -20.0. The minimum absolute atomic E-state index is 0.572. The zero-order valence-corrected chi connectivity index (χ0v) is 77.9. The Morgan fingerprint density at radius 2 is 0.524 bits per heavy atom. The van der Waals surface area contributed by atoms with E-state index in [2.05, 4.69) is 375 Å². The van der Waals surface area contributed by atoms with Crippen LogP contribution in [0.15, 0.2) is 444 Å². The highest BCUT2D eigenvalue weighted by Crippen LogP contribution is 2.45. The zero-order chi connectivity index (χ0) is 95.7. The number of nitrogens with zero attached hydrogens (tertiary/aromatic N) is 19. The van der Waals surface area contributed by atoms with Crippen LogP contribution in [0.1, 0.15) is 0 Å². The monoisotopic (exact) mass is 1870 g/mol. The predicted molar refractivity (Wildman–Crippen MR) is 591 cm³/mol. The molecule has 31 aromatic rings. The minimum Gasteiger partial charge on any atom is -0.293 e. The van der Waals surface area contributed by atoms with E-state index in [9.17, 15) is 0 Å². The molecule has 0 amide bonds. The molecule has 0 aliphatic heterocycles. The molecule has 0 saturated heterocycles. The molecule has 0 bridgehead atoms. The Bertz CT molecular complexity index is 10800. The minimum atomic E-state index is 0.572. The smallest absolute Gasteiger partial charge is 0.187 e. The summed E-state index contributed by atoms with van der Waals surface area (Å²) in [5, 5.41) is 24.8. The Labute approximate surface area is 828 Å². The molecule has 31 rings (SSSR count). The Morgan fingerprint density at radius 1 is 0.193 bits per heavy atom. The van der Waals surface area contributed by atoms with E-state index >= 15 is 0 Å². The van der Waals surface area contributed by atoms with Gasteiger partial charge in [-0.2, -0.15) is 0 Å². The lowest BCUT2D eigenvalue weighted by Crippen LogP contribution is -2.04. The second kappa shape index (κ2) is 34.3. The maximum absolute atomic E-state index is 7.25. The van der Waals surface area contributed by atoms with Gasteiger partial charge in [-0.25, -0.2) is 69.6 Å². The fraction of sp³-hybridized carbons (Fsp3) is 0. The number of aromatic nitrogens is 18. The van der Waals surface area contributed by atoms with Crippen molar-refractivity contribution in [1.29, 1.82) is 0 Å². The summed E-state index contributed by atoms with van der Waals surface area (Å²) < 4.78 is 11.4. The van der Waals surface area contributed by atoms with E-state index in [4.69, 9.17) is 46.4 Å². The van der Waals surface area contributed by atoms with Crippen LogP contribution < -0.4 is 0 Å². The van der Waals surface area contributed by atoms with Crippen LogP contribution in [0.4, 0.5) is 5.69 Å². The van der Waals surface area contributed by atoms with Crippen LogP contribution in [0, 0.1) is 6.57 Å². The van der Waals surface area contributed by atoms with Crippen LogP contribution in [0.5, 0.6) is 0 Å². The number of rotatable bonds is 8. The third-order valence-electron chi connectivity index (χ3n) is 27.5. The van der Waals surface area contributed by atoms with Gasteiger partial charge in [0.15, 0.2) is 80.2 Å². The Morgan fingerprint density at radius 3 is 1.02 bits per heavy atom. The number of hydrogen-bond donors (Lipinski definition) is 0. The van der Waals surface area contributed by atoms with Crippen LogP contribution in [-0.4, -0.2) is 88.0 Å². The highest BCUT2D eigenvalue weighted by atomic mass is 32.1. The molecule has 13 aromatic heterocycles. The summed E-state index contributed by atoms with van der Waals surface area (Å²) >= 11 is 1.80. The van der Waals surface area contributed by atoms with Crippen molar-refractivity contribution in [3.05, 3.63) is 455 Å². The van der Waals surface area contributed by atoms with E-state index < -0.39 is 0 Å². The van der Waals surface area contributed by atoms with Crippen LogP contribution in [-0.2, 0) is 0 Å². The van der Waals surface area contributed by atoms with Gasteiger partial charge < -0.3 is 0 Å². The molecule has 0 aliphatic carbocycles. The lowest BCUT2D eigenvalue weighted by Gasteiger charge is -2.12. The van der Waals surface area contributed by atoms with Gasteiger partial charge in [0, 0.05) is 123 Å². The van der Waals surface area contributed by atoms with E-state index in [1.165, 1.54) is 112 Å². The van der Waals surface area contributed by atoms with E-state index in [0.29, 0.717) is 57.0 Å². The molecule has 0 atom stereocenters. The summed E-state index contributed by atoms with van der Waals surface area (Å²) in [4.78, 5) is 71.2. The summed E-state index contributed by atoms with van der Waals surface area (Å²) in [6.45, 7) is 7.25. The molecular weight excluding hydrogens is 1800 g/mol. The lowest BCUT2D eigenvalue weighted by atomic mass is 10.1. The Balaban J connectivity index is 0.0000000940. The third-order valence-corrected chi connectivity index (χ3v) is 28.6. The number of fused-ring (bicyclic) bond motifs is 24. The molecule has 0 unspecified atom stereocenters. The second-order valence-corrected chi connectivity index (χ2v) is 36.9. The molecule has 19 nitrogen and oxygen atoms in total. The van der Waals surface area contributed by atoms with Crippen molar-refractivity contribution in [2.24, 2.45) is 0 Å². The van der Waals surface area contributed by atoms with Crippen LogP contribution in [0.2, 0.25) is 0 Å². The van der Waals surface area contributed by atoms with Crippen LogP contribution >= 0.6 is 11.3 Å². The first-order valence-corrected chi connectivity index (χ1v) is 48.5. The fourth-order valence-corrected chi connectivity index (χ4v) is 21.9. The standard InChI is InChI=1S/C35H20N4S.C32H19N5.C30H17N5.C28H17N5/c1-2-9-22-19-30-28(18-21(22)8-1)24-10-3-5-13-29(24)39(30)35-27-12-7-17-36-34(27)37-33(38-35)23-15-16-26-25-11-4-6-14-31(25)40-32(26)20-23;1-2-8-21-17-24(14-13-20(21)7-1)30-35-31-29(33-15-16-34-31)32(36-30)37-27-12-6-5-11-25(27)26-18-22-9-3-4-10-23(22)19-28(26)37;1-31-22-14-12-19(13-15-22)29-33-25-10-6-16-32-28(25)30(34-29)35-26-11-5-4-9-23(26)24-17-20-7-2-3-8-21(20)18-27(24)35;1-2-8-18(9-3-1)26-31-27-25(29-14-15-30-27)28(32-26)33-23-13-7-6-12-21(23)22-16-19-10-4-5-11-20(19)17-24(22)33/h1-20H;1-19H;2-18H;1-17H. The highest BCUT2D eigenvalue weighted by molar-refractivity contribution is 7.25. The molecule has 0 radical (unpaired) electrons. The van der Waals surface area contributed by atoms with Crippen molar-refractivity contribution in [3.63, 3.8) is 0 Å². The van der Waals surface area contributed by atoms with Crippen molar-refractivity contribution in [1.82, 2.24) is 88.0 Å². The largest absolute Gasteiger partial charge is 0.293 e. The van der Waals surface area contributed by atoms with Gasteiger partial charge in [-0.3, -0.25) is 23.3 Å².